The molecule has 50 valence electrons. The van der Waals surface area contributed by atoms with Gasteiger partial charge in [0.05, 0.1) is 0 Å². The van der Waals surface area contributed by atoms with Crippen LogP contribution in [0.4, 0.5) is 0 Å². The highest BCUT2D eigenvalue weighted by Gasteiger charge is 2.08. The van der Waals surface area contributed by atoms with Gasteiger partial charge in [0.15, 0.2) is 0 Å². The molecule has 0 aromatic rings. The zero-order chi connectivity index (χ0) is 7.11. The third-order valence-corrected chi connectivity index (χ3v) is 1.46. The Balaban J connectivity index is 3.32. The first-order valence-corrected chi connectivity index (χ1v) is 3.74. The number of nitriles is 1. The van der Waals surface area contributed by atoms with Crippen molar-refractivity contribution in [3.63, 3.8) is 0 Å². The van der Waals surface area contributed by atoms with Gasteiger partial charge in [0, 0.05) is 5.97 Å². The minimum absolute atomic E-state index is 0.319. The summed E-state index contributed by atoms with van der Waals surface area (Å²) in [7, 11) is 0. The SMILES string of the molecule is CCCB(C#N)CCC. The Morgan fingerprint density at radius 2 is 1.67 bits per heavy atom. The average molecular weight is 123 g/mol. The van der Waals surface area contributed by atoms with Crippen molar-refractivity contribution in [1.29, 1.82) is 5.26 Å². The van der Waals surface area contributed by atoms with E-state index in [9.17, 15) is 0 Å². The third-order valence-electron chi connectivity index (χ3n) is 1.46. The van der Waals surface area contributed by atoms with E-state index in [1.54, 1.807) is 0 Å². The Hall–Kier alpha value is -0.445. The van der Waals surface area contributed by atoms with Crippen molar-refractivity contribution in [1.82, 2.24) is 0 Å². The monoisotopic (exact) mass is 123 g/mol. The predicted octanol–water partition coefficient (Wildman–Crippen LogP) is 2.36. The highest BCUT2D eigenvalue weighted by atomic mass is 14.2. The number of hydrogen-bond donors (Lipinski definition) is 0. The normalized spacial score (nSPS) is 8.56. The van der Waals surface area contributed by atoms with E-state index < -0.39 is 0 Å². The van der Waals surface area contributed by atoms with Gasteiger partial charge in [-0.3, -0.25) is 0 Å². The fourth-order valence-corrected chi connectivity index (χ4v) is 0.970. The third kappa shape index (κ3) is 4.08. The smallest absolute Gasteiger partial charge is 0.213 e. The lowest BCUT2D eigenvalue weighted by atomic mass is 9.46. The van der Waals surface area contributed by atoms with E-state index in [1.807, 2.05) is 0 Å². The molecule has 0 saturated heterocycles. The van der Waals surface area contributed by atoms with Crippen LogP contribution in [0.3, 0.4) is 0 Å². The molecular weight excluding hydrogens is 109 g/mol. The molecule has 0 saturated carbocycles. The van der Waals surface area contributed by atoms with Crippen LogP contribution in [-0.2, 0) is 0 Å². The van der Waals surface area contributed by atoms with Gasteiger partial charge in [-0.25, -0.2) is 5.26 Å². The van der Waals surface area contributed by atoms with Crippen LogP contribution in [0.15, 0.2) is 0 Å². The summed E-state index contributed by atoms with van der Waals surface area (Å²) in [4.78, 5) is 0. The Morgan fingerprint density at radius 1 is 1.22 bits per heavy atom. The molecule has 0 aliphatic rings. The first-order chi connectivity index (χ1) is 4.35. The van der Waals surface area contributed by atoms with Gasteiger partial charge in [0.25, 0.3) is 6.71 Å². The maximum absolute atomic E-state index is 8.54. The number of hydrogen-bond acceptors (Lipinski definition) is 1. The summed E-state index contributed by atoms with van der Waals surface area (Å²) in [5.41, 5.74) is 0. The molecule has 0 aliphatic carbocycles. The van der Waals surface area contributed by atoms with Gasteiger partial charge in [0.1, 0.15) is 0 Å². The van der Waals surface area contributed by atoms with Crippen LogP contribution in [0.2, 0.25) is 12.6 Å². The van der Waals surface area contributed by atoms with Gasteiger partial charge in [-0.1, -0.05) is 39.3 Å². The van der Waals surface area contributed by atoms with E-state index in [1.165, 1.54) is 0 Å². The highest BCUT2D eigenvalue weighted by Crippen LogP contribution is 2.03. The fraction of sp³-hybridized carbons (Fsp3) is 0.857. The van der Waals surface area contributed by atoms with Crippen molar-refractivity contribution >= 4 is 6.71 Å². The van der Waals surface area contributed by atoms with Crippen molar-refractivity contribution in [3.05, 3.63) is 0 Å². The molecule has 2 heteroatoms. The van der Waals surface area contributed by atoms with Crippen LogP contribution >= 0.6 is 0 Å². The zero-order valence-electron chi connectivity index (χ0n) is 6.35. The summed E-state index contributed by atoms with van der Waals surface area (Å²) in [6.45, 7) is 4.57. The van der Waals surface area contributed by atoms with Gasteiger partial charge >= 0.3 is 0 Å². The van der Waals surface area contributed by atoms with Crippen molar-refractivity contribution in [2.45, 2.75) is 39.3 Å². The number of rotatable bonds is 4. The summed E-state index contributed by atoms with van der Waals surface area (Å²) in [6, 6.07) is 0. The second-order valence-electron chi connectivity index (χ2n) is 2.40. The van der Waals surface area contributed by atoms with Gasteiger partial charge in [0.2, 0.25) is 0 Å². The first kappa shape index (κ1) is 8.55. The molecule has 0 unspecified atom stereocenters. The van der Waals surface area contributed by atoms with Crippen LogP contribution in [0, 0.1) is 11.2 Å². The molecule has 0 rings (SSSR count). The molecule has 0 aromatic heterocycles. The molecule has 9 heavy (non-hydrogen) atoms. The summed E-state index contributed by atoms with van der Waals surface area (Å²) in [6.07, 6.45) is 4.42. The van der Waals surface area contributed by atoms with Crippen molar-refractivity contribution in [3.8, 4) is 5.97 Å². The Labute approximate surface area is 58.1 Å². The summed E-state index contributed by atoms with van der Waals surface area (Å²) in [5.74, 6) is 2.30. The molecule has 0 aliphatic heterocycles. The zero-order valence-corrected chi connectivity index (χ0v) is 6.35. The Bertz CT molecular complexity index is 89.6. The molecule has 0 radical (unpaired) electrons. The summed E-state index contributed by atoms with van der Waals surface area (Å²) in [5, 5.41) is 8.54. The lowest BCUT2D eigenvalue weighted by molar-refractivity contribution is 1.01. The molecule has 1 nitrogen and oxygen atoms in total. The molecule has 0 fully saturated rings. The largest absolute Gasteiger partial charge is 0.267 e. The van der Waals surface area contributed by atoms with E-state index in [4.69, 9.17) is 5.26 Å². The summed E-state index contributed by atoms with van der Waals surface area (Å²) >= 11 is 0. The van der Waals surface area contributed by atoms with Crippen LogP contribution in [0.25, 0.3) is 0 Å². The molecule has 0 bridgehead atoms. The van der Waals surface area contributed by atoms with Crippen molar-refractivity contribution in [2.75, 3.05) is 0 Å². The average Bonchev–Trinajstić information content (AvgIpc) is 1.88. The molecule has 0 spiro atoms. The number of nitrogens with zero attached hydrogens (tertiary/aromatic N) is 1. The maximum Gasteiger partial charge on any atom is 0.267 e. The molecule has 0 amide bonds. The quantitative estimate of drug-likeness (QED) is 0.526. The van der Waals surface area contributed by atoms with E-state index in [2.05, 4.69) is 19.8 Å². The topological polar surface area (TPSA) is 23.8 Å². The molecule has 0 N–H and O–H groups in total. The lowest BCUT2D eigenvalue weighted by Gasteiger charge is -1.97. The van der Waals surface area contributed by atoms with Gasteiger partial charge in [-0.15, -0.1) is 0 Å². The van der Waals surface area contributed by atoms with Crippen molar-refractivity contribution in [2.24, 2.45) is 0 Å². The maximum atomic E-state index is 8.54. The molecule has 0 heterocycles. The van der Waals surface area contributed by atoms with Crippen molar-refractivity contribution < 1.29 is 0 Å². The van der Waals surface area contributed by atoms with E-state index >= 15 is 0 Å². The predicted molar refractivity (Wildman–Crippen MR) is 41.6 cm³/mol. The molecule has 0 aromatic carbocycles. The molecule has 0 atom stereocenters. The minimum Gasteiger partial charge on any atom is -0.213 e. The Kier molecular flexibility index (Phi) is 5.41. The second kappa shape index (κ2) is 5.69. The summed E-state index contributed by atoms with van der Waals surface area (Å²) < 4.78 is 0. The Morgan fingerprint density at radius 3 is 1.89 bits per heavy atom. The fourth-order valence-electron chi connectivity index (χ4n) is 0.970. The van der Waals surface area contributed by atoms with Crippen LogP contribution in [0.5, 0.6) is 0 Å². The van der Waals surface area contributed by atoms with E-state index in [-0.39, 0.29) is 0 Å². The molecular formula is C7H14BN. The van der Waals surface area contributed by atoms with E-state index in [0.29, 0.717) is 6.71 Å². The van der Waals surface area contributed by atoms with Crippen LogP contribution < -0.4 is 0 Å². The van der Waals surface area contributed by atoms with Crippen LogP contribution in [-0.4, -0.2) is 6.71 Å². The minimum atomic E-state index is 0.319. The lowest BCUT2D eigenvalue weighted by Crippen LogP contribution is -2.07. The van der Waals surface area contributed by atoms with Gasteiger partial charge in [-0.2, -0.15) is 0 Å². The van der Waals surface area contributed by atoms with E-state index in [0.717, 1.165) is 25.5 Å². The standard InChI is InChI=1S/C7H14BN/c1-3-5-8(7-9)6-4-2/h3-6H2,1-2H3. The van der Waals surface area contributed by atoms with Gasteiger partial charge in [-0.05, 0) is 0 Å². The van der Waals surface area contributed by atoms with Crippen LogP contribution in [0.1, 0.15) is 26.7 Å². The highest BCUT2D eigenvalue weighted by molar-refractivity contribution is 6.66. The van der Waals surface area contributed by atoms with Gasteiger partial charge < -0.3 is 0 Å². The second-order valence-corrected chi connectivity index (χ2v) is 2.40. The first-order valence-electron chi connectivity index (χ1n) is 3.74.